The highest BCUT2D eigenvalue weighted by Gasteiger charge is 2.50. The molecule has 4 aromatic rings. The van der Waals surface area contributed by atoms with Gasteiger partial charge in [0.05, 0.1) is 11.6 Å². The lowest BCUT2D eigenvalue weighted by Gasteiger charge is -2.40. The molecular formula is C32H31F3N6O3. The van der Waals surface area contributed by atoms with Crippen molar-refractivity contribution >= 4 is 27.5 Å². The highest BCUT2D eigenvalue weighted by molar-refractivity contribution is 6.02. The molecule has 2 bridgehead atoms. The molecule has 9 nitrogen and oxygen atoms in total. The Morgan fingerprint density at radius 1 is 1.11 bits per heavy atom. The fourth-order valence-electron chi connectivity index (χ4n) is 8.36. The number of benzene rings is 2. The van der Waals surface area contributed by atoms with Gasteiger partial charge in [-0.3, -0.25) is 4.90 Å². The molecule has 228 valence electrons. The largest absolute Gasteiger partial charge is 0.508 e. The summed E-state index contributed by atoms with van der Waals surface area (Å²) in [6.07, 6.45) is 3.24. The maximum absolute atomic E-state index is 16.8. The molecule has 0 spiro atoms. The lowest BCUT2D eigenvalue weighted by Crippen LogP contribution is -2.60. The third-order valence-electron chi connectivity index (χ3n) is 10.3. The smallest absolute Gasteiger partial charge is 0.319 e. The molecule has 2 aromatic carbocycles. The minimum absolute atomic E-state index is 0.00323. The van der Waals surface area contributed by atoms with Gasteiger partial charge in [-0.05, 0) is 55.8 Å². The van der Waals surface area contributed by atoms with Crippen molar-refractivity contribution in [3.8, 4) is 28.9 Å². The number of aromatic hydroxyl groups is 1. The lowest BCUT2D eigenvalue weighted by molar-refractivity contribution is 0.107. The van der Waals surface area contributed by atoms with E-state index in [9.17, 15) is 9.50 Å². The molecule has 5 atom stereocenters. The van der Waals surface area contributed by atoms with Crippen LogP contribution in [-0.4, -0.2) is 87.6 Å². The molecule has 7 heterocycles. The summed E-state index contributed by atoms with van der Waals surface area (Å²) in [6.45, 7) is 2.34. The number of halogens is 3. The third-order valence-corrected chi connectivity index (χ3v) is 10.3. The normalized spacial score (nSPS) is 29.1. The number of aromatic nitrogens is 3. The van der Waals surface area contributed by atoms with Gasteiger partial charge in [-0.2, -0.15) is 9.97 Å². The van der Waals surface area contributed by atoms with Crippen LogP contribution in [0.15, 0.2) is 30.3 Å². The molecule has 5 aliphatic heterocycles. The van der Waals surface area contributed by atoms with Gasteiger partial charge in [-0.1, -0.05) is 12.1 Å². The number of piperazine rings is 1. The Bertz CT molecular complexity index is 1840. The van der Waals surface area contributed by atoms with Gasteiger partial charge >= 0.3 is 6.01 Å². The molecule has 12 heteroatoms. The van der Waals surface area contributed by atoms with Crippen molar-refractivity contribution in [3.63, 3.8) is 0 Å². The fraction of sp³-hybridized carbons (Fsp3) is 0.469. The van der Waals surface area contributed by atoms with Gasteiger partial charge in [-0.15, -0.1) is 0 Å². The Balaban J connectivity index is 1.23. The Hall–Kier alpha value is -3.90. The molecule has 4 fully saturated rings. The van der Waals surface area contributed by atoms with Gasteiger partial charge in [0.15, 0.2) is 5.82 Å². The number of phenolic OH excluding ortho intramolecular Hbond substituents is 1. The van der Waals surface area contributed by atoms with Crippen LogP contribution in [0.4, 0.5) is 19.0 Å². The summed E-state index contributed by atoms with van der Waals surface area (Å²) >= 11 is 0. The number of ether oxygens (including phenoxy) is 2. The van der Waals surface area contributed by atoms with E-state index in [-0.39, 0.29) is 71.1 Å². The van der Waals surface area contributed by atoms with E-state index in [4.69, 9.17) is 14.5 Å². The predicted molar refractivity (Wildman–Crippen MR) is 157 cm³/mol. The van der Waals surface area contributed by atoms with E-state index in [1.54, 1.807) is 6.07 Å². The Morgan fingerprint density at radius 2 is 2.02 bits per heavy atom. The van der Waals surface area contributed by atoms with Crippen molar-refractivity contribution in [2.75, 3.05) is 37.7 Å². The van der Waals surface area contributed by atoms with E-state index < -0.39 is 23.3 Å². The minimum atomic E-state index is -0.915. The van der Waals surface area contributed by atoms with Gasteiger partial charge in [0.2, 0.25) is 5.88 Å². The second kappa shape index (κ2) is 9.55. The summed E-state index contributed by atoms with van der Waals surface area (Å²) in [5.41, 5.74) is -0.593. The SMILES string of the molecule is Oc1cc(-c2nc3c4c(nc(OCC56CCCN5C[C@@H](F)C6)nc4c2F)N2CC4CCC(N4)[C@H]2CO3)c2c(F)cccc2c1. The molecule has 0 radical (unpaired) electrons. The molecule has 5 aliphatic rings. The van der Waals surface area contributed by atoms with E-state index in [0.29, 0.717) is 36.1 Å². The van der Waals surface area contributed by atoms with Gasteiger partial charge < -0.3 is 24.8 Å². The van der Waals surface area contributed by atoms with Crippen molar-refractivity contribution in [1.82, 2.24) is 25.2 Å². The number of pyridine rings is 1. The number of fused-ring (bicyclic) bond motifs is 7. The number of nitrogens with zero attached hydrogens (tertiary/aromatic N) is 5. The lowest BCUT2D eigenvalue weighted by atomic mass is 9.95. The van der Waals surface area contributed by atoms with Crippen LogP contribution in [0.25, 0.3) is 32.9 Å². The first-order valence-electron chi connectivity index (χ1n) is 15.4. The summed E-state index contributed by atoms with van der Waals surface area (Å²) in [6, 6.07) is 7.54. The number of hydrogen-bond donors (Lipinski definition) is 2. The molecule has 0 aliphatic carbocycles. The van der Waals surface area contributed by atoms with Crippen molar-refractivity contribution < 1.29 is 27.8 Å². The third kappa shape index (κ3) is 3.89. The first-order valence-corrected chi connectivity index (χ1v) is 15.4. The van der Waals surface area contributed by atoms with Gasteiger partial charge in [0, 0.05) is 42.5 Å². The average molecular weight is 605 g/mol. The molecule has 9 rings (SSSR count). The Kier molecular flexibility index (Phi) is 5.75. The molecule has 0 amide bonds. The number of nitrogens with one attached hydrogen (secondary N) is 1. The molecule has 4 saturated heterocycles. The first-order chi connectivity index (χ1) is 21.4. The van der Waals surface area contributed by atoms with E-state index in [0.717, 1.165) is 32.2 Å². The molecule has 2 aromatic heterocycles. The van der Waals surface area contributed by atoms with Crippen LogP contribution >= 0.6 is 0 Å². The quantitative estimate of drug-likeness (QED) is 0.350. The van der Waals surface area contributed by atoms with Crippen molar-refractivity contribution in [2.45, 2.75) is 61.9 Å². The summed E-state index contributed by atoms with van der Waals surface area (Å²) < 4.78 is 59.1. The number of alkyl halides is 1. The zero-order valence-corrected chi connectivity index (χ0v) is 23.9. The second-order valence-electron chi connectivity index (χ2n) is 12.9. The predicted octanol–water partition coefficient (Wildman–Crippen LogP) is 4.49. The van der Waals surface area contributed by atoms with E-state index in [1.165, 1.54) is 24.3 Å². The van der Waals surface area contributed by atoms with Crippen LogP contribution in [0.5, 0.6) is 17.6 Å². The zero-order valence-electron chi connectivity index (χ0n) is 23.9. The molecule has 3 unspecified atom stereocenters. The van der Waals surface area contributed by atoms with Crippen LogP contribution in [-0.2, 0) is 0 Å². The highest BCUT2D eigenvalue weighted by Crippen LogP contribution is 2.45. The summed E-state index contributed by atoms with van der Waals surface area (Å²) in [5, 5.41) is 15.0. The van der Waals surface area contributed by atoms with E-state index in [1.807, 2.05) is 0 Å². The summed E-state index contributed by atoms with van der Waals surface area (Å²) in [7, 11) is 0. The van der Waals surface area contributed by atoms with Crippen molar-refractivity contribution in [1.29, 1.82) is 0 Å². The van der Waals surface area contributed by atoms with Crippen LogP contribution < -0.4 is 19.7 Å². The number of anilines is 1. The van der Waals surface area contributed by atoms with Crippen molar-refractivity contribution in [2.24, 2.45) is 0 Å². The number of hydrogen-bond acceptors (Lipinski definition) is 9. The highest BCUT2D eigenvalue weighted by atomic mass is 19.1. The first kappa shape index (κ1) is 26.5. The van der Waals surface area contributed by atoms with Gasteiger partial charge in [-0.25, -0.2) is 18.2 Å². The zero-order chi connectivity index (χ0) is 29.7. The maximum Gasteiger partial charge on any atom is 0.319 e. The average Bonchev–Trinajstić information content (AvgIpc) is 3.64. The Labute approximate surface area is 251 Å². The van der Waals surface area contributed by atoms with Gasteiger partial charge in [0.1, 0.15) is 53.4 Å². The fourth-order valence-corrected chi connectivity index (χ4v) is 8.36. The second-order valence-corrected chi connectivity index (χ2v) is 12.9. The van der Waals surface area contributed by atoms with Crippen LogP contribution in [0.1, 0.15) is 32.1 Å². The molecule has 2 N–H and O–H groups in total. The molecule has 44 heavy (non-hydrogen) atoms. The van der Waals surface area contributed by atoms with Crippen molar-refractivity contribution in [3.05, 3.63) is 42.0 Å². The number of phenols is 1. The van der Waals surface area contributed by atoms with Crippen LogP contribution in [0.3, 0.4) is 0 Å². The van der Waals surface area contributed by atoms with Crippen LogP contribution in [0.2, 0.25) is 0 Å². The summed E-state index contributed by atoms with van der Waals surface area (Å²) in [5.74, 6) is -0.881. The molecule has 0 saturated carbocycles. The maximum atomic E-state index is 16.8. The summed E-state index contributed by atoms with van der Waals surface area (Å²) in [4.78, 5) is 18.3. The van der Waals surface area contributed by atoms with E-state index in [2.05, 4.69) is 25.1 Å². The molecular weight excluding hydrogens is 573 g/mol. The topological polar surface area (TPSA) is 95.9 Å². The Morgan fingerprint density at radius 3 is 2.93 bits per heavy atom. The van der Waals surface area contributed by atoms with Crippen LogP contribution in [0, 0.1) is 11.6 Å². The van der Waals surface area contributed by atoms with E-state index >= 15 is 8.78 Å². The minimum Gasteiger partial charge on any atom is -0.508 e. The monoisotopic (exact) mass is 604 g/mol. The standard InChI is InChI=1S/C32H31F3N6O3/c33-17-11-32(7-2-8-40(32)12-17)15-44-31-38-28-25-29(39-31)41-13-18-5-6-22(36-18)23(41)14-43-30(25)37-27(26(28)35)20-10-19(42)9-16-3-1-4-21(34)24(16)20/h1,3-4,9-10,17-18,22-23,36,42H,2,5-8,11-15H2/t17-,18?,22?,23+,32?/m0/s1. The van der Waals surface area contributed by atoms with Gasteiger partial charge in [0.25, 0.3) is 0 Å². The number of rotatable bonds is 4.